The van der Waals surface area contributed by atoms with Crippen molar-refractivity contribution in [2.45, 2.75) is 19.8 Å². The Labute approximate surface area is 141 Å². The highest BCUT2D eigenvalue weighted by atomic mass is 19.1. The first-order valence-corrected chi connectivity index (χ1v) is 8.21. The highest BCUT2D eigenvalue weighted by Gasteiger charge is 2.23. The van der Waals surface area contributed by atoms with Crippen LogP contribution in [0.25, 0.3) is 0 Å². The van der Waals surface area contributed by atoms with Crippen molar-refractivity contribution < 1.29 is 13.9 Å². The molecule has 4 nitrogen and oxygen atoms in total. The molecule has 126 valence electrons. The first-order chi connectivity index (χ1) is 11.6. The highest BCUT2D eigenvalue weighted by Crippen LogP contribution is 2.32. The van der Waals surface area contributed by atoms with E-state index in [9.17, 15) is 9.18 Å². The third-order valence-corrected chi connectivity index (χ3v) is 4.12. The summed E-state index contributed by atoms with van der Waals surface area (Å²) in [5, 5.41) is 2.68. The van der Waals surface area contributed by atoms with Crippen LogP contribution in [0.3, 0.4) is 0 Å². The van der Waals surface area contributed by atoms with Gasteiger partial charge in [-0.3, -0.25) is 0 Å². The molecule has 1 unspecified atom stereocenters. The topological polar surface area (TPSA) is 41.6 Å². The molecule has 0 saturated carbocycles. The van der Waals surface area contributed by atoms with Gasteiger partial charge in [0.15, 0.2) is 11.6 Å². The van der Waals surface area contributed by atoms with Crippen LogP contribution in [0.4, 0.5) is 14.9 Å². The van der Waals surface area contributed by atoms with Gasteiger partial charge in [-0.1, -0.05) is 31.2 Å². The average Bonchev–Trinajstić information content (AvgIpc) is 2.59. The van der Waals surface area contributed by atoms with Gasteiger partial charge in [0.2, 0.25) is 0 Å². The quantitative estimate of drug-likeness (QED) is 0.872. The van der Waals surface area contributed by atoms with Gasteiger partial charge in [0.25, 0.3) is 0 Å². The number of amides is 2. The second-order valence-electron chi connectivity index (χ2n) is 6.15. The van der Waals surface area contributed by atoms with Gasteiger partial charge in [-0.05, 0) is 43.0 Å². The summed E-state index contributed by atoms with van der Waals surface area (Å²) in [4.78, 5) is 14.2. The maximum atomic E-state index is 14.2. The summed E-state index contributed by atoms with van der Waals surface area (Å²) in [7, 11) is 0. The fourth-order valence-electron chi connectivity index (χ4n) is 2.89. The zero-order valence-corrected chi connectivity index (χ0v) is 13.7. The predicted molar refractivity (Wildman–Crippen MR) is 91.9 cm³/mol. The Kier molecular flexibility index (Phi) is 4.99. The van der Waals surface area contributed by atoms with Crippen molar-refractivity contribution in [2.24, 2.45) is 5.92 Å². The van der Waals surface area contributed by atoms with E-state index < -0.39 is 5.82 Å². The fourth-order valence-corrected chi connectivity index (χ4v) is 2.89. The Morgan fingerprint density at radius 2 is 2.00 bits per heavy atom. The number of para-hydroxylation sites is 2. The number of rotatable bonds is 3. The smallest absolute Gasteiger partial charge is 0.322 e. The van der Waals surface area contributed by atoms with E-state index in [0.29, 0.717) is 30.5 Å². The normalized spacial score (nSPS) is 17.4. The van der Waals surface area contributed by atoms with Crippen molar-refractivity contribution in [3.05, 3.63) is 54.3 Å². The lowest BCUT2D eigenvalue weighted by Gasteiger charge is -2.31. The number of halogens is 1. The van der Waals surface area contributed by atoms with Crippen LogP contribution in [0.5, 0.6) is 11.5 Å². The van der Waals surface area contributed by atoms with E-state index in [0.717, 1.165) is 12.8 Å². The van der Waals surface area contributed by atoms with Crippen molar-refractivity contribution in [1.82, 2.24) is 4.90 Å². The minimum atomic E-state index is -0.512. The molecule has 1 atom stereocenters. The first-order valence-electron chi connectivity index (χ1n) is 8.21. The van der Waals surface area contributed by atoms with Gasteiger partial charge in [-0.25, -0.2) is 9.18 Å². The second-order valence-corrected chi connectivity index (χ2v) is 6.15. The van der Waals surface area contributed by atoms with E-state index in [4.69, 9.17) is 4.74 Å². The summed E-state index contributed by atoms with van der Waals surface area (Å²) in [5.74, 6) is 0.830. The van der Waals surface area contributed by atoms with Gasteiger partial charge in [-0.2, -0.15) is 0 Å². The summed E-state index contributed by atoms with van der Waals surface area (Å²) in [6.45, 7) is 3.50. The number of piperidine rings is 1. The van der Waals surface area contributed by atoms with Crippen LogP contribution in [0.2, 0.25) is 0 Å². The minimum absolute atomic E-state index is 0.0737. The van der Waals surface area contributed by atoms with Crippen LogP contribution >= 0.6 is 0 Å². The average molecular weight is 328 g/mol. The molecule has 2 aromatic rings. The van der Waals surface area contributed by atoms with Crippen LogP contribution in [0.15, 0.2) is 48.5 Å². The summed E-state index contributed by atoms with van der Waals surface area (Å²) >= 11 is 0. The Bertz CT molecular complexity index is 706. The molecule has 1 saturated heterocycles. The molecule has 3 rings (SSSR count). The highest BCUT2D eigenvalue weighted by molar-refractivity contribution is 5.91. The van der Waals surface area contributed by atoms with Gasteiger partial charge in [0.05, 0.1) is 0 Å². The van der Waals surface area contributed by atoms with Crippen LogP contribution in [-0.2, 0) is 0 Å². The molecule has 0 spiro atoms. The van der Waals surface area contributed by atoms with Gasteiger partial charge in [0, 0.05) is 13.1 Å². The molecule has 0 bridgehead atoms. The molecule has 0 radical (unpaired) electrons. The monoisotopic (exact) mass is 328 g/mol. The fraction of sp³-hybridized carbons (Fsp3) is 0.316. The first kappa shape index (κ1) is 16.3. The minimum Gasteiger partial charge on any atom is -0.455 e. The largest absolute Gasteiger partial charge is 0.455 e. The van der Waals surface area contributed by atoms with Crippen molar-refractivity contribution in [3.63, 3.8) is 0 Å². The lowest BCUT2D eigenvalue weighted by molar-refractivity contribution is 0.182. The predicted octanol–water partition coefficient (Wildman–Crippen LogP) is 4.88. The zero-order chi connectivity index (χ0) is 16.9. The molecular weight excluding hydrogens is 307 g/mol. The van der Waals surface area contributed by atoms with E-state index in [2.05, 4.69) is 12.2 Å². The number of likely N-dealkylation sites (tertiary alicyclic amines) is 1. The Morgan fingerprint density at radius 3 is 2.75 bits per heavy atom. The number of nitrogens with zero attached hydrogens (tertiary/aromatic N) is 1. The van der Waals surface area contributed by atoms with E-state index >= 15 is 0 Å². The van der Waals surface area contributed by atoms with Crippen molar-refractivity contribution in [3.8, 4) is 11.5 Å². The molecule has 2 amide bonds. The number of nitrogens with one attached hydrogen (secondary N) is 1. The molecule has 24 heavy (non-hydrogen) atoms. The van der Waals surface area contributed by atoms with E-state index in [1.54, 1.807) is 29.2 Å². The second kappa shape index (κ2) is 7.34. The van der Waals surface area contributed by atoms with E-state index in [-0.39, 0.29) is 11.7 Å². The maximum absolute atomic E-state index is 14.2. The molecule has 0 aliphatic carbocycles. The summed E-state index contributed by atoms with van der Waals surface area (Å²) in [6, 6.07) is 13.3. The standard InChI is InChI=1S/C19H21FN2O2/c1-14-7-6-12-22(13-14)19(23)21-18-16(20)10-5-11-17(18)24-15-8-3-2-4-9-15/h2-5,8-11,14H,6-7,12-13H2,1H3,(H,21,23). The van der Waals surface area contributed by atoms with E-state index in [1.165, 1.54) is 6.07 Å². The summed E-state index contributed by atoms with van der Waals surface area (Å²) < 4.78 is 20.0. The number of hydrogen-bond acceptors (Lipinski definition) is 2. The Balaban J connectivity index is 1.78. The van der Waals surface area contributed by atoms with Crippen LogP contribution in [0.1, 0.15) is 19.8 Å². The van der Waals surface area contributed by atoms with Crippen LogP contribution < -0.4 is 10.1 Å². The molecule has 1 heterocycles. The van der Waals surface area contributed by atoms with Crippen molar-refractivity contribution in [2.75, 3.05) is 18.4 Å². The maximum Gasteiger partial charge on any atom is 0.322 e. The summed E-state index contributed by atoms with van der Waals surface area (Å²) in [6.07, 6.45) is 2.09. The van der Waals surface area contributed by atoms with Crippen LogP contribution in [0, 0.1) is 11.7 Å². The SMILES string of the molecule is CC1CCCN(C(=O)Nc2c(F)cccc2Oc2ccccc2)C1. The Hall–Kier alpha value is -2.56. The van der Waals surface area contributed by atoms with Gasteiger partial charge < -0.3 is 15.0 Å². The number of urea groups is 1. The number of carbonyl (C=O) groups excluding carboxylic acids is 1. The molecule has 1 aliphatic rings. The number of carbonyl (C=O) groups is 1. The number of anilines is 1. The van der Waals surface area contributed by atoms with Gasteiger partial charge in [0.1, 0.15) is 11.4 Å². The number of benzene rings is 2. The molecule has 0 aromatic heterocycles. The Morgan fingerprint density at radius 1 is 1.21 bits per heavy atom. The summed E-state index contributed by atoms with van der Waals surface area (Å²) in [5.41, 5.74) is 0.0737. The molecule has 1 aliphatic heterocycles. The third-order valence-electron chi connectivity index (χ3n) is 4.12. The zero-order valence-electron chi connectivity index (χ0n) is 13.7. The van der Waals surface area contributed by atoms with Gasteiger partial charge in [-0.15, -0.1) is 0 Å². The molecule has 5 heteroatoms. The number of ether oxygens (including phenoxy) is 1. The number of hydrogen-bond donors (Lipinski definition) is 1. The van der Waals surface area contributed by atoms with E-state index in [1.807, 2.05) is 18.2 Å². The lowest BCUT2D eigenvalue weighted by atomic mass is 10.0. The molecule has 1 fully saturated rings. The van der Waals surface area contributed by atoms with Crippen molar-refractivity contribution >= 4 is 11.7 Å². The third kappa shape index (κ3) is 3.85. The van der Waals surface area contributed by atoms with Gasteiger partial charge >= 0.3 is 6.03 Å². The van der Waals surface area contributed by atoms with Crippen LogP contribution in [-0.4, -0.2) is 24.0 Å². The molecular formula is C19H21FN2O2. The van der Waals surface area contributed by atoms with Crippen molar-refractivity contribution in [1.29, 1.82) is 0 Å². The lowest BCUT2D eigenvalue weighted by Crippen LogP contribution is -2.41. The molecule has 2 aromatic carbocycles. The molecule has 1 N–H and O–H groups in total.